The van der Waals surface area contributed by atoms with Crippen LogP contribution in [0.1, 0.15) is 18.1 Å². The predicted molar refractivity (Wildman–Crippen MR) is 86.5 cm³/mol. The van der Waals surface area contributed by atoms with E-state index >= 15 is 0 Å². The minimum atomic E-state index is -0.809. The average Bonchev–Trinajstić information content (AvgIpc) is 3.01. The molecule has 1 aliphatic heterocycles. The zero-order valence-electron chi connectivity index (χ0n) is 11.7. The van der Waals surface area contributed by atoms with Crippen molar-refractivity contribution >= 4 is 17.8 Å². The Hall–Kier alpha value is -2.15. The first-order chi connectivity index (χ1) is 10.7. The molecular formula is C15H16ClN5O. The second kappa shape index (κ2) is 6.31. The van der Waals surface area contributed by atoms with Gasteiger partial charge in [0.2, 0.25) is 6.29 Å². The number of aliphatic hydroxyl groups excluding tert-OH is 1. The smallest absolute Gasteiger partial charge is 0.215 e. The minimum absolute atomic E-state index is 0.109. The SMILES string of the molecule is NCC(O)c1cc(-c2ccc(Cl)cc2)nn1C1N=CC=CN1. The van der Waals surface area contributed by atoms with Crippen LogP contribution < -0.4 is 11.1 Å². The van der Waals surface area contributed by atoms with Crippen LogP contribution >= 0.6 is 11.6 Å². The fourth-order valence-electron chi connectivity index (χ4n) is 2.23. The zero-order valence-corrected chi connectivity index (χ0v) is 12.5. The Balaban J connectivity index is 2.02. The summed E-state index contributed by atoms with van der Waals surface area (Å²) in [6.45, 7) is 0.109. The molecule has 0 fully saturated rings. The van der Waals surface area contributed by atoms with Gasteiger partial charge < -0.3 is 16.2 Å². The predicted octanol–water partition coefficient (Wildman–Crippen LogP) is 1.84. The molecule has 22 heavy (non-hydrogen) atoms. The van der Waals surface area contributed by atoms with Crippen molar-refractivity contribution in [3.63, 3.8) is 0 Å². The van der Waals surface area contributed by atoms with Crippen LogP contribution in [0.15, 0.2) is 47.6 Å². The summed E-state index contributed by atoms with van der Waals surface area (Å²) in [4.78, 5) is 4.30. The highest BCUT2D eigenvalue weighted by molar-refractivity contribution is 6.30. The molecule has 0 aliphatic carbocycles. The van der Waals surface area contributed by atoms with Crippen LogP contribution in [0.25, 0.3) is 11.3 Å². The van der Waals surface area contributed by atoms with E-state index < -0.39 is 12.4 Å². The van der Waals surface area contributed by atoms with Crippen molar-refractivity contribution in [3.8, 4) is 11.3 Å². The van der Waals surface area contributed by atoms with Gasteiger partial charge in [0, 0.05) is 29.5 Å². The number of hydrogen-bond acceptors (Lipinski definition) is 5. The summed E-state index contributed by atoms with van der Waals surface area (Å²) in [6.07, 6.45) is 4.04. The third kappa shape index (κ3) is 2.89. The molecule has 3 rings (SSSR count). The van der Waals surface area contributed by atoms with E-state index in [1.54, 1.807) is 35.3 Å². The molecular weight excluding hydrogens is 302 g/mol. The number of aliphatic imine (C=N–C) groups is 1. The standard InChI is InChI=1S/C15H16ClN5O/c16-11-4-2-10(3-5-11)12-8-13(14(22)9-17)21(20-12)15-18-6-1-7-19-15/h1-8,14-15,18,22H,9,17H2. The quantitative estimate of drug-likeness (QED) is 0.803. The fraction of sp³-hybridized carbons (Fsp3) is 0.200. The number of nitrogens with one attached hydrogen (secondary N) is 1. The maximum Gasteiger partial charge on any atom is 0.215 e. The van der Waals surface area contributed by atoms with Crippen molar-refractivity contribution in [1.29, 1.82) is 0 Å². The number of halogens is 1. The highest BCUT2D eigenvalue weighted by Crippen LogP contribution is 2.26. The molecule has 2 heterocycles. The maximum atomic E-state index is 10.1. The van der Waals surface area contributed by atoms with E-state index in [4.69, 9.17) is 17.3 Å². The molecule has 0 amide bonds. The molecule has 2 atom stereocenters. The molecule has 0 radical (unpaired) electrons. The summed E-state index contributed by atoms with van der Waals surface area (Å²) >= 11 is 5.91. The monoisotopic (exact) mass is 317 g/mol. The van der Waals surface area contributed by atoms with Gasteiger partial charge in [-0.05, 0) is 24.3 Å². The number of allylic oxidation sites excluding steroid dienone is 1. The van der Waals surface area contributed by atoms with Crippen molar-refractivity contribution in [1.82, 2.24) is 15.1 Å². The molecule has 1 aliphatic rings. The number of rotatable bonds is 4. The van der Waals surface area contributed by atoms with Crippen LogP contribution in [0.5, 0.6) is 0 Å². The zero-order chi connectivity index (χ0) is 15.5. The number of aliphatic hydroxyl groups is 1. The van der Waals surface area contributed by atoms with Crippen LogP contribution in [0.2, 0.25) is 5.02 Å². The summed E-state index contributed by atoms with van der Waals surface area (Å²) in [5, 5.41) is 18.4. The van der Waals surface area contributed by atoms with Gasteiger partial charge in [-0.15, -0.1) is 0 Å². The van der Waals surface area contributed by atoms with Crippen molar-refractivity contribution in [2.45, 2.75) is 12.4 Å². The van der Waals surface area contributed by atoms with Crippen LogP contribution in [0.3, 0.4) is 0 Å². The van der Waals surface area contributed by atoms with E-state index in [0.717, 1.165) is 11.3 Å². The Morgan fingerprint density at radius 3 is 2.77 bits per heavy atom. The normalized spacial score (nSPS) is 18.2. The van der Waals surface area contributed by atoms with Gasteiger partial charge in [-0.2, -0.15) is 5.10 Å². The number of hydrogen-bond donors (Lipinski definition) is 3. The maximum absolute atomic E-state index is 10.1. The molecule has 7 heteroatoms. The lowest BCUT2D eigenvalue weighted by Gasteiger charge is -2.19. The lowest BCUT2D eigenvalue weighted by Crippen LogP contribution is -2.27. The van der Waals surface area contributed by atoms with Crippen molar-refractivity contribution in [2.75, 3.05) is 6.54 Å². The molecule has 1 aromatic heterocycles. The molecule has 4 N–H and O–H groups in total. The van der Waals surface area contributed by atoms with Gasteiger partial charge in [0.05, 0.1) is 11.4 Å². The van der Waals surface area contributed by atoms with Gasteiger partial charge in [-0.25, -0.2) is 9.67 Å². The first kappa shape index (κ1) is 14.8. The summed E-state index contributed by atoms with van der Waals surface area (Å²) in [5.74, 6) is 0. The van der Waals surface area contributed by atoms with Crippen LogP contribution in [-0.4, -0.2) is 27.6 Å². The highest BCUT2D eigenvalue weighted by atomic mass is 35.5. The van der Waals surface area contributed by atoms with Gasteiger partial charge in [-0.3, -0.25) is 0 Å². The van der Waals surface area contributed by atoms with Gasteiger partial charge >= 0.3 is 0 Å². The molecule has 2 aromatic rings. The summed E-state index contributed by atoms with van der Waals surface area (Å²) in [7, 11) is 0. The molecule has 6 nitrogen and oxygen atoms in total. The Morgan fingerprint density at radius 2 is 2.14 bits per heavy atom. The first-order valence-corrected chi connectivity index (χ1v) is 7.24. The number of nitrogens with zero attached hydrogens (tertiary/aromatic N) is 3. The van der Waals surface area contributed by atoms with Crippen LogP contribution in [0.4, 0.5) is 0 Å². The summed E-state index contributed by atoms with van der Waals surface area (Å²) in [5.41, 5.74) is 7.83. The Bertz CT molecular complexity index is 707. The lowest BCUT2D eigenvalue weighted by molar-refractivity contribution is 0.170. The Morgan fingerprint density at radius 1 is 1.36 bits per heavy atom. The van der Waals surface area contributed by atoms with E-state index in [0.29, 0.717) is 10.7 Å². The average molecular weight is 318 g/mol. The van der Waals surface area contributed by atoms with Gasteiger partial charge in [0.25, 0.3) is 0 Å². The minimum Gasteiger partial charge on any atom is -0.385 e. The largest absolute Gasteiger partial charge is 0.385 e. The van der Waals surface area contributed by atoms with Gasteiger partial charge in [0.15, 0.2) is 0 Å². The Labute approximate surface area is 132 Å². The van der Waals surface area contributed by atoms with E-state index in [2.05, 4.69) is 15.4 Å². The summed E-state index contributed by atoms with van der Waals surface area (Å²) in [6, 6.07) is 9.18. The molecule has 2 unspecified atom stereocenters. The second-order valence-electron chi connectivity index (χ2n) is 4.86. The number of aromatic nitrogens is 2. The number of nitrogens with two attached hydrogens (primary N) is 1. The number of benzene rings is 1. The van der Waals surface area contributed by atoms with Crippen molar-refractivity contribution < 1.29 is 5.11 Å². The first-order valence-electron chi connectivity index (χ1n) is 6.87. The van der Waals surface area contributed by atoms with Crippen LogP contribution in [0, 0.1) is 0 Å². The van der Waals surface area contributed by atoms with E-state index in [1.165, 1.54) is 0 Å². The van der Waals surface area contributed by atoms with Crippen LogP contribution in [-0.2, 0) is 0 Å². The molecule has 114 valence electrons. The molecule has 1 aromatic carbocycles. The van der Waals surface area contributed by atoms with Gasteiger partial charge in [-0.1, -0.05) is 23.7 Å². The third-order valence-electron chi connectivity index (χ3n) is 3.36. The lowest BCUT2D eigenvalue weighted by atomic mass is 10.1. The highest BCUT2D eigenvalue weighted by Gasteiger charge is 2.21. The Kier molecular flexibility index (Phi) is 4.24. The molecule has 0 saturated heterocycles. The second-order valence-corrected chi connectivity index (χ2v) is 5.29. The topological polar surface area (TPSA) is 88.5 Å². The molecule has 0 spiro atoms. The van der Waals surface area contributed by atoms with Crippen molar-refractivity contribution in [2.24, 2.45) is 10.7 Å². The fourth-order valence-corrected chi connectivity index (χ4v) is 2.35. The van der Waals surface area contributed by atoms with E-state index in [-0.39, 0.29) is 6.54 Å². The molecule has 0 bridgehead atoms. The molecule has 0 saturated carbocycles. The van der Waals surface area contributed by atoms with E-state index in [9.17, 15) is 5.11 Å². The van der Waals surface area contributed by atoms with Gasteiger partial charge in [0.1, 0.15) is 6.10 Å². The third-order valence-corrected chi connectivity index (χ3v) is 3.61. The van der Waals surface area contributed by atoms with E-state index in [1.807, 2.05) is 18.2 Å². The van der Waals surface area contributed by atoms with Crippen molar-refractivity contribution in [3.05, 3.63) is 53.3 Å². The summed E-state index contributed by atoms with van der Waals surface area (Å²) < 4.78 is 1.64.